The van der Waals surface area contributed by atoms with E-state index in [2.05, 4.69) is 20.3 Å². The summed E-state index contributed by atoms with van der Waals surface area (Å²) in [5, 5.41) is 6.29. The van der Waals surface area contributed by atoms with Gasteiger partial charge in [0.1, 0.15) is 16.0 Å². The van der Waals surface area contributed by atoms with Crippen LogP contribution in [-0.4, -0.2) is 29.6 Å². The zero-order chi connectivity index (χ0) is 17.2. The molecule has 3 rings (SSSR count). The average Bonchev–Trinajstić information content (AvgIpc) is 3.05. The van der Waals surface area contributed by atoms with Gasteiger partial charge in [0.25, 0.3) is 0 Å². The van der Waals surface area contributed by atoms with Crippen molar-refractivity contribution in [3.63, 3.8) is 0 Å². The van der Waals surface area contributed by atoms with Crippen molar-refractivity contribution in [2.75, 3.05) is 11.6 Å². The van der Waals surface area contributed by atoms with E-state index in [-0.39, 0.29) is 4.90 Å². The number of hydrogen-bond acceptors (Lipinski definition) is 7. The van der Waals surface area contributed by atoms with Crippen molar-refractivity contribution in [2.45, 2.75) is 11.4 Å². The summed E-state index contributed by atoms with van der Waals surface area (Å²) < 4.78 is 23.0. The summed E-state index contributed by atoms with van der Waals surface area (Å²) in [6.45, 7) is 0.539. The van der Waals surface area contributed by atoms with E-state index in [4.69, 9.17) is 11.6 Å². The Morgan fingerprint density at radius 2 is 1.96 bits per heavy atom. The van der Waals surface area contributed by atoms with Crippen molar-refractivity contribution in [1.29, 1.82) is 0 Å². The van der Waals surface area contributed by atoms with Crippen LogP contribution in [0.2, 0.25) is 5.15 Å². The van der Waals surface area contributed by atoms with Gasteiger partial charge in [0.2, 0.25) is 0 Å². The molecule has 2 aromatic heterocycles. The van der Waals surface area contributed by atoms with Crippen LogP contribution in [0, 0.1) is 0 Å². The number of aromatic nitrogens is 3. The quantitative estimate of drug-likeness (QED) is 0.684. The Morgan fingerprint density at radius 1 is 1.21 bits per heavy atom. The van der Waals surface area contributed by atoms with Gasteiger partial charge in [-0.15, -0.1) is 11.3 Å². The third kappa shape index (κ3) is 4.08. The van der Waals surface area contributed by atoms with Crippen LogP contribution in [-0.2, 0) is 16.4 Å². The second-order valence-electron chi connectivity index (χ2n) is 4.98. The van der Waals surface area contributed by atoms with Crippen molar-refractivity contribution >= 4 is 38.6 Å². The first-order chi connectivity index (χ1) is 11.4. The smallest absolute Gasteiger partial charge is 0.175 e. The van der Waals surface area contributed by atoms with Gasteiger partial charge in [0, 0.05) is 29.5 Å². The lowest BCUT2D eigenvalue weighted by Crippen LogP contribution is -2.03. The maximum atomic E-state index is 11.5. The maximum absolute atomic E-state index is 11.5. The van der Waals surface area contributed by atoms with Crippen molar-refractivity contribution in [1.82, 2.24) is 15.0 Å². The molecule has 124 valence electrons. The Bertz CT molecular complexity index is 942. The van der Waals surface area contributed by atoms with E-state index in [1.165, 1.54) is 18.4 Å². The van der Waals surface area contributed by atoms with Crippen molar-refractivity contribution in [3.05, 3.63) is 52.1 Å². The molecule has 1 aromatic carbocycles. The van der Waals surface area contributed by atoms with Crippen LogP contribution >= 0.6 is 22.9 Å². The lowest BCUT2D eigenvalue weighted by Gasteiger charge is -2.07. The van der Waals surface area contributed by atoms with Gasteiger partial charge >= 0.3 is 0 Å². The van der Waals surface area contributed by atoms with E-state index in [1.54, 1.807) is 35.7 Å². The molecule has 0 fully saturated rings. The zero-order valence-corrected chi connectivity index (χ0v) is 15.0. The molecule has 0 spiro atoms. The fraction of sp³-hybridized carbons (Fsp3) is 0.133. The highest BCUT2D eigenvalue weighted by molar-refractivity contribution is 7.90. The molecule has 0 saturated heterocycles. The molecule has 0 radical (unpaired) electrons. The summed E-state index contributed by atoms with van der Waals surface area (Å²) >= 11 is 7.61. The average molecular weight is 381 g/mol. The zero-order valence-electron chi connectivity index (χ0n) is 12.6. The monoisotopic (exact) mass is 380 g/mol. The molecule has 9 heteroatoms. The normalized spacial score (nSPS) is 11.4. The first kappa shape index (κ1) is 16.8. The van der Waals surface area contributed by atoms with Gasteiger partial charge in [-0.2, -0.15) is 0 Å². The van der Waals surface area contributed by atoms with Crippen LogP contribution in [0.3, 0.4) is 0 Å². The fourth-order valence-electron chi connectivity index (χ4n) is 1.99. The van der Waals surface area contributed by atoms with Crippen LogP contribution in [0.4, 0.5) is 5.82 Å². The maximum Gasteiger partial charge on any atom is 0.175 e. The molecule has 0 bridgehead atoms. The Balaban J connectivity index is 1.85. The van der Waals surface area contributed by atoms with E-state index in [9.17, 15) is 8.42 Å². The van der Waals surface area contributed by atoms with Crippen molar-refractivity contribution in [2.24, 2.45) is 0 Å². The number of anilines is 1. The molecule has 1 N–H and O–H groups in total. The van der Waals surface area contributed by atoms with E-state index in [1.807, 2.05) is 5.38 Å². The third-order valence-electron chi connectivity index (χ3n) is 3.14. The number of hydrogen-bond donors (Lipinski definition) is 1. The van der Waals surface area contributed by atoms with Gasteiger partial charge in [-0.25, -0.2) is 23.4 Å². The van der Waals surface area contributed by atoms with Crippen LogP contribution in [0.25, 0.3) is 11.4 Å². The minimum Gasteiger partial charge on any atom is -0.363 e. The lowest BCUT2D eigenvalue weighted by molar-refractivity contribution is 0.602. The van der Waals surface area contributed by atoms with Gasteiger partial charge in [-0.05, 0) is 24.3 Å². The molecule has 2 heterocycles. The highest BCUT2D eigenvalue weighted by atomic mass is 35.5. The van der Waals surface area contributed by atoms with Crippen molar-refractivity contribution < 1.29 is 8.42 Å². The molecule has 6 nitrogen and oxygen atoms in total. The van der Waals surface area contributed by atoms with Crippen LogP contribution in [0.1, 0.15) is 5.01 Å². The molecule has 0 aliphatic rings. The molecule has 24 heavy (non-hydrogen) atoms. The van der Waals surface area contributed by atoms with Gasteiger partial charge in [0.05, 0.1) is 11.4 Å². The van der Waals surface area contributed by atoms with E-state index < -0.39 is 9.84 Å². The molecule has 0 amide bonds. The first-order valence-corrected chi connectivity index (χ1v) is 10.0. The minimum atomic E-state index is -3.24. The highest BCUT2D eigenvalue weighted by Gasteiger charge is 2.10. The summed E-state index contributed by atoms with van der Waals surface area (Å²) in [7, 11) is -3.24. The lowest BCUT2D eigenvalue weighted by atomic mass is 10.2. The topological polar surface area (TPSA) is 84.8 Å². The second kappa shape index (κ2) is 6.84. The predicted molar refractivity (Wildman–Crippen MR) is 95.0 cm³/mol. The molecule has 3 aromatic rings. The number of halogens is 1. The largest absolute Gasteiger partial charge is 0.363 e. The summed E-state index contributed by atoms with van der Waals surface area (Å²) in [6.07, 6.45) is 2.90. The van der Waals surface area contributed by atoms with E-state index >= 15 is 0 Å². The molecular weight excluding hydrogens is 368 g/mol. The van der Waals surface area contributed by atoms with Crippen LogP contribution in [0.15, 0.2) is 46.8 Å². The summed E-state index contributed by atoms with van der Waals surface area (Å²) in [6, 6.07) is 8.00. The predicted octanol–water partition coefficient (Wildman–Crippen LogP) is 3.27. The summed E-state index contributed by atoms with van der Waals surface area (Å²) in [5.74, 6) is 0.997. The fourth-order valence-corrected chi connectivity index (χ4v) is 3.36. The Morgan fingerprint density at radius 3 is 2.58 bits per heavy atom. The molecular formula is C15H13ClN4O2S2. The van der Waals surface area contributed by atoms with Gasteiger partial charge in [0.15, 0.2) is 15.7 Å². The Kier molecular flexibility index (Phi) is 4.79. The summed E-state index contributed by atoms with van der Waals surface area (Å²) in [5.41, 5.74) is 0.683. The standard InChI is InChI=1S/C15H13ClN4O2S2/c1-24(21,22)11-4-2-10(3-5-11)15-19-12(16)8-13(20-15)18-9-14-17-6-7-23-14/h2-8H,9H2,1H3,(H,18,19,20). The number of benzene rings is 1. The third-order valence-corrected chi connectivity index (χ3v) is 5.24. The molecule has 0 aliphatic heterocycles. The van der Waals surface area contributed by atoms with E-state index in [0.717, 1.165) is 5.01 Å². The van der Waals surface area contributed by atoms with Gasteiger partial charge in [-0.1, -0.05) is 11.6 Å². The molecule has 0 aliphatic carbocycles. The highest BCUT2D eigenvalue weighted by Crippen LogP contribution is 2.22. The Labute approximate surface area is 148 Å². The van der Waals surface area contributed by atoms with Crippen LogP contribution in [0.5, 0.6) is 0 Å². The minimum absolute atomic E-state index is 0.246. The summed E-state index contributed by atoms with van der Waals surface area (Å²) in [4.78, 5) is 13.0. The Hall–Kier alpha value is -2.03. The SMILES string of the molecule is CS(=O)(=O)c1ccc(-c2nc(Cl)cc(NCc3nccs3)n2)cc1. The second-order valence-corrected chi connectivity index (χ2v) is 8.36. The number of rotatable bonds is 5. The number of thiazole rings is 1. The van der Waals surface area contributed by atoms with E-state index in [0.29, 0.717) is 28.9 Å². The molecule has 0 atom stereocenters. The number of nitrogens with one attached hydrogen (secondary N) is 1. The molecule has 0 unspecified atom stereocenters. The molecule has 0 saturated carbocycles. The van der Waals surface area contributed by atoms with Gasteiger partial charge < -0.3 is 5.32 Å². The first-order valence-electron chi connectivity index (χ1n) is 6.89. The van der Waals surface area contributed by atoms with Crippen LogP contribution < -0.4 is 5.32 Å². The van der Waals surface area contributed by atoms with Crippen molar-refractivity contribution in [3.8, 4) is 11.4 Å². The number of nitrogens with zero attached hydrogens (tertiary/aromatic N) is 3. The number of sulfone groups is 1. The van der Waals surface area contributed by atoms with Gasteiger partial charge in [-0.3, -0.25) is 0 Å².